The molecule has 6 nitrogen and oxygen atoms in total. The van der Waals surface area contributed by atoms with E-state index < -0.39 is 0 Å². The van der Waals surface area contributed by atoms with Gasteiger partial charge in [-0.15, -0.1) is 0 Å². The van der Waals surface area contributed by atoms with Gasteiger partial charge in [0.2, 0.25) is 0 Å². The molecule has 0 saturated heterocycles. The number of carbonyl (C=O) groups is 1. The van der Waals surface area contributed by atoms with Gasteiger partial charge in [-0.25, -0.2) is 5.43 Å². The molecule has 1 aromatic heterocycles. The summed E-state index contributed by atoms with van der Waals surface area (Å²) in [5.74, 6) is 0.371. The predicted molar refractivity (Wildman–Crippen MR) is 92.1 cm³/mol. The maximum absolute atomic E-state index is 12.1. The molecule has 0 aliphatic carbocycles. The molecule has 0 atom stereocenters. The summed E-state index contributed by atoms with van der Waals surface area (Å²) < 4.78 is 5.13. The summed E-state index contributed by atoms with van der Waals surface area (Å²) in [4.78, 5) is 12.1. The molecule has 1 heterocycles. The van der Waals surface area contributed by atoms with Gasteiger partial charge in [0.15, 0.2) is 0 Å². The zero-order valence-electron chi connectivity index (χ0n) is 13.1. The lowest BCUT2D eigenvalue weighted by molar-refractivity contribution is 0.0950. The number of rotatable bonds is 5. The van der Waals surface area contributed by atoms with E-state index >= 15 is 0 Å². The Morgan fingerprint density at radius 1 is 1.17 bits per heavy atom. The van der Waals surface area contributed by atoms with Crippen LogP contribution in [0.1, 0.15) is 16.1 Å². The summed E-state index contributed by atoms with van der Waals surface area (Å²) in [7, 11) is 1.60. The van der Waals surface area contributed by atoms with Crippen LogP contribution in [0, 0.1) is 0 Å². The van der Waals surface area contributed by atoms with Crippen LogP contribution in [-0.2, 0) is 0 Å². The van der Waals surface area contributed by atoms with Crippen molar-refractivity contribution in [2.24, 2.45) is 5.10 Å². The molecule has 0 unspecified atom stereocenters. The SMILES string of the molecule is COc1cccc(/C=N\NC(=O)c2cc(-c3ccccc3)n[nH]2)c1. The van der Waals surface area contributed by atoms with E-state index in [-0.39, 0.29) is 5.91 Å². The maximum atomic E-state index is 12.1. The van der Waals surface area contributed by atoms with E-state index in [0.29, 0.717) is 11.4 Å². The fourth-order valence-corrected chi connectivity index (χ4v) is 2.14. The van der Waals surface area contributed by atoms with Crippen LogP contribution in [0.3, 0.4) is 0 Å². The fourth-order valence-electron chi connectivity index (χ4n) is 2.14. The second-order valence-electron chi connectivity index (χ2n) is 5.01. The molecule has 0 aliphatic heterocycles. The fraction of sp³-hybridized carbons (Fsp3) is 0.0556. The maximum Gasteiger partial charge on any atom is 0.289 e. The lowest BCUT2D eigenvalue weighted by Crippen LogP contribution is -2.18. The molecule has 6 heteroatoms. The van der Waals surface area contributed by atoms with Crippen LogP contribution in [0.25, 0.3) is 11.3 Å². The number of benzene rings is 2. The van der Waals surface area contributed by atoms with Gasteiger partial charge in [-0.2, -0.15) is 10.2 Å². The van der Waals surface area contributed by atoms with Gasteiger partial charge in [0.05, 0.1) is 19.0 Å². The highest BCUT2D eigenvalue weighted by Crippen LogP contribution is 2.16. The molecular weight excluding hydrogens is 304 g/mol. The van der Waals surface area contributed by atoms with Crippen LogP contribution < -0.4 is 10.2 Å². The third-order valence-electron chi connectivity index (χ3n) is 3.37. The van der Waals surface area contributed by atoms with E-state index in [9.17, 15) is 4.79 Å². The van der Waals surface area contributed by atoms with Crippen molar-refractivity contribution in [1.29, 1.82) is 0 Å². The Morgan fingerprint density at radius 3 is 2.79 bits per heavy atom. The van der Waals surface area contributed by atoms with Gasteiger partial charge in [0.25, 0.3) is 5.91 Å². The molecular formula is C18H16N4O2. The Morgan fingerprint density at radius 2 is 2.00 bits per heavy atom. The van der Waals surface area contributed by atoms with Gasteiger partial charge in [0.1, 0.15) is 11.4 Å². The Balaban J connectivity index is 1.65. The summed E-state index contributed by atoms with van der Waals surface area (Å²) in [5, 5.41) is 10.8. The average Bonchev–Trinajstić information content (AvgIpc) is 3.13. The van der Waals surface area contributed by atoms with Crippen LogP contribution in [-0.4, -0.2) is 29.4 Å². The Kier molecular flexibility index (Phi) is 4.67. The number of nitrogens with zero attached hydrogens (tertiary/aromatic N) is 2. The van der Waals surface area contributed by atoms with E-state index in [1.807, 2.05) is 54.6 Å². The molecule has 0 bridgehead atoms. The molecule has 2 N–H and O–H groups in total. The summed E-state index contributed by atoms with van der Waals surface area (Å²) >= 11 is 0. The number of amides is 1. The molecule has 3 rings (SSSR count). The topological polar surface area (TPSA) is 79.4 Å². The van der Waals surface area contributed by atoms with Crippen molar-refractivity contribution < 1.29 is 9.53 Å². The third-order valence-corrected chi connectivity index (χ3v) is 3.37. The minimum Gasteiger partial charge on any atom is -0.497 e. The van der Waals surface area contributed by atoms with Gasteiger partial charge in [-0.05, 0) is 23.8 Å². The summed E-state index contributed by atoms with van der Waals surface area (Å²) in [6, 6.07) is 18.7. The first-order chi connectivity index (χ1) is 11.8. The lowest BCUT2D eigenvalue weighted by Gasteiger charge is -2.00. The van der Waals surface area contributed by atoms with Gasteiger partial charge >= 0.3 is 0 Å². The minimum absolute atomic E-state index is 0.344. The highest BCUT2D eigenvalue weighted by Gasteiger charge is 2.09. The van der Waals surface area contributed by atoms with Crippen molar-refractivity contribution in [2.75, 3.05) is 7.11 Å². The molecule has 120 valence electrons. The predicted octanol–water partition coefficient (Wildman–Crippen LogP) is 2.85. The Bertz CT molecular complexity index is 856. The first kappa shape index (κ1) is 15.5. The molecule has 0 aliphatic rings. The monoisotopic (exact) mass is 320 g/mol. The molecule has 2 aromatic carbocycles. The number of aromatic amines is 1. The first-order valence-electron chi connectivity index (χ1n) is 7.34. The summed E-state index contributed by atoms with van der Waals surface area (Å²) in [6.45, 7) is 0. The normalized spacial score (nSPS) is 10.7. The van der Waals surface area contributed by atoms with E-state index in [1.165, 1.54) is 0 Å². The Hall–Kier alpha value is -3.41. The number of H-pyrrole nitrogens is 1. The van der Waals surface area contributed by atoms with Crippen molar-refractivity contribution in [3.05, 3.63) is 71.9 Å². The molecule has 1 amide bonds. The number of hydrazone groups is 1. The van der Waals surface area contributed by atoms with Gasteiger partial charge < -0.3 is 4.74 Å². The summed E-state index contributed by atoms with van der Waals surface area (Å²) in [6.07, 6.45) is 1.55. The van der Waals surface area contributed by atoms with Crippen molar-refractivity contribution in [1.82, 2.24) is 15.6 Å². The number of hydrogen-bond donors (Lipinski definition) is 2. The van der Waals surface area contributed by atoms with Crippen LogP contribution in [0.2, 0.25) is 0 Å². The quantitative estimate of drug-likeness (QED) is 0.560. The van der Waals surface area contributed by atoms with Crippen LogP contribution in [0.4, 0.5) is 0 Å². The highest BCUT2D eigenvalue weighted by atomic mass is 16.5. The number of ether oxygens (including phenoxy) is 1. The minimum atomic E-state index is -0.358. The number of hydrogen-bond acceptors (Lipinski definition) is 4. The van der Waals surface area contributed by atoms with Crippen molar-refractivity contribution in [2.45, 2.75) is 0 Å². The van der Waals surface area contributed by atoms with Gasteiger partial charge in [-0.1, -0.05) is 42.5 Å². The highest BCUT2D eigenvalue weighted by molar-refractivity contribution is 5.94. The standard InChI is InChI=1S/C18H16N4O2/c1-24-15-9-5-6-13(10-15)12-19-22-18(23)17-11-16(20-21-17)14-7-3-2-4-8-14/h2-12H,1H3,(H,20,21)(H,22,23)/b19-12-. The van der Waals surface area contributed by atoms with Crippen LogP contribution >= 0.6 is 0 Å². The molecule has 0 saturated carbocycles. The van der Waals surface area contributed by atoms with Crippen LogP contribution in [0.15, 0.2) is 65.8 Å². The zero-order valence-corrected chi connectivity index (χ0v) is 13.1. The zero-order chi connectivity index (χ0) is 16.8. The third kappa shape index (κ3) is 3.67. The Labute approximate surface area is 139 Å². The van der Waals surface area contributed by atoms with Gasteiger partial charge in [0, 0.05) is 5.56 Å². The van der Waals surface area contributed by atoms with Crippen molar-refractivity contribution in [3.63, 3.8) is 0 Å². The lowest BCUT2D eigenvalue weighted by atomic mass is 10.1. The molecule has 24 heavy (non-hydrogen) atoms. The van der Waals surface area contributed by atoms with Gasteiger partial charge in [-0.3, -0.25) is 9.89 Å². The van der Waals surface area contributed by atoms with E-state index in [0.717, 1.165) is 16.9 Å². The molecule has 0 radical (unpaired) electrons. The largest absolute Gasteiger partial charge is 0.497 e. The number of methoxy groups -OCH3 is 1. The van der Waals surface area contributed by atoms with Crippen LogP contribution in [0.5, 0.6) is 5.75 Å². The number of aromatic nitrogens is 2. The molecule has 3 aromatic rings. The summed E-state index contributed by atoms with van der Waals surface area (Å²) in [5.41, 5.74) is 5.28. The van der Waals surface area contributed by atoms with E-state index in [1.54, 1.807) is 19.4 Å². The van der Waals surface area contributed by atoms with E-state index in [2.05, 4.69) is 20.7 Å². The average molecular weight is 320 g/mol. The first-order valence-corrected chi connectivity index (χ1v) is 7.34. The molecule has 0 spiro atoms. The second kappa shape index (κ2) is 7.23. The molecule has 0 fully saturated rings. The second-order valence-corrected chi connectivity index (χ2v) is 5.01. The number of carbonyl (C=O) groups excluding carboxylic acids is 1. The number of nitrogens with one attached hydrogen (secondary N) is 2. The smallest absolute Gasteiger partial charge is 0.289 e. The van der Waals surface area contributed by atoms with E-state index in [4.69, 9.17) is 4.74 Å². The van der Waals surface area contributed by atoms with Crippen molar-refractivity contribution in [3.8, 4) is 17.0 Å². The van der Waals surface area contributed by atoms with Crippen molar-refractivity contribution >= 4 is 12.1 Å².